The van der Waals surface area contributed by atoms with Crippen molar-refractivity contribution in [1.82, 2.24) is 10.6 Å². The van der Waals surface area contributed by atoms with E-state index in [-0.39, 0.29) is 12.0 Å². The number of ether oxygens (including phenoxy) is 1. The van der Waals surface area contributed by atoms with Crippen molar-refractivity contribution in [1.29, 1.82) is 0 Å². The van der Waals surface area contributed by atoms with E-state index >= 15 is 0 Å². The van der Waals surface area contributed by atoms with E-state index in [4.69, 9.17) is 4.74 Å². The Kier molecular flexibility index (Phi) is 8.61. The van der Waals surface area contributed by atoms with Crippen molar-refractivity contribution in [2.45, 2.75) is 45.6 Å². The summed E-state index contributed by atoms with van der Waals surface area (Å²) >= 11 is 0. The summed E-state index contributed by atoms with van der Waals surface area (Å²) in [5, 5.41) is 5.63. The highest BCUT2D eigenvalue weighted by Gasteiger charge is 2.15. The van der Waals surface area contributed by atoms with E-state index in [1.54, 1.807) is 12.2 Å². The molecule has 0 saturated heterocycles. The van der Waals surface area contributed by atoms with E-state index in [2.05, 4.69) is 10.6 Å². The van der Waals surface area contributed by atoms with Crippen molar-refractivity contribution in [3.63, 3.8) is 0 Å². The van der Waals surface area contributed by atoms with Gasteiger partial charge >= 0.3 is 6.09 Å². The first kappa shape index (κ1) is 19.7. The SMILES string of the molecule is CC(C)(C)OC(=O)NCCCCCNC(=O)C1=C/C=C\C=C/C=C1. The average Bonchev–Trinajstić information content (AvgIpc) is 2.43. The predicted octanol–water partition coefficient (Wildman–Crippen LogP) is 3.41. The normalized spacial score (nSPS) is 16.4. The van der Waals surface area contributed by atoms with Crippen LogP contribution in [0, 0.1) is 0 Å². The van der Waals surface area contributed by atoms with Crippen molar-refractivity contribution in [2.24, 2.45) is 0 Å². The fourth-order valence-corrected chi connectivity index (χ4v) is 1.95. The van der Waals surface area contributed by atoms with E-state index in [9.17, 15) is 9.59 Å². The number of hydrogen-bond donors (Lipinski definition) is 2. The van der Waals surface area contributed by atoms with Gasteiger partial charge in [-0.15, -0.1) is 0 Å². The molecule has 0 aliphatic heterocycles. The third kappa shape index (κ3) is 9.66. The number of hydrogen-bond acceptors (Lipinski definition) is 3. The lowest BCUT2D eigenvalue weighted by Gasteiger charge is -2.19. The number of carbonyl (C=O) groups excluding carboxylic acids is 2. The summed E-state index contributed by atoms with van der Waals surface area (Å²) in [4.78, 5) is 23.5. The highest BCUT2D eigenvalue weighted by molar-refractivity contribution is 5.96. The molecule has 2 N–H and O–H groups in total. The fraction of sp³-hybridized carbons (Fsp3) is 0.474. The summed E-state index contributed by atoms with van der Waals surface area (Å²) in [6.07, 6.45) is 15.2. The molecular formula is C19H28N2O3. The number of carbonyl (C=O) groups is 2. The fourth-order valence-electron chi connectivity index (χ4n) is 1.95. The van der Waals surface area contributed by atoms with Crippen molar-refractivity contribution < 1.29 is 14.3 Å². The lowest BCUT2D eigenvalue weighted by atomic mass is 10.1. The summed E-state index contributed by atoms with van der Waals surface area (Å²) in [5.74, 6) is -0.0712. The molecule has 0 aromatic carbocycles. The van der Waals surface area contributed by atoms with Gasteiger partial charge in [0, 0.05) is 18.7 Å². The molecule has 0 aromatic heterocycles. The highest BCUT2D eigenvalue weighted by atomic mass is 16.6. The van der Waals surface area contributed by atoms with Gasteiger partial charge in [-0.05, 0) is 52.2 Å². The van der Waals surface area contributed by atoms with Gasteiger partial charge in [-0.25, -0.2) is 4.79 Å². The van der Waals surface area contributed by atoms with E-state index in [0.29, 0.717) is 18.7 Å². The van der Waals surface area contributed by atoms with Gasteiger partial charge in [-0.3, -0.25) is 4.79 Å². The van der Waals surface area contributed by atoms with Crippen LogP contribution < -0.4 is 10.6 Å². The molecule has 0 aromatic rings. The zero-order valence-corrected chi connectivity index (χ0v) is 14.8. The number of alkyl carbamates (subject to hydrolysis) is 1. The first-order valence-electron chi connectivity index (χ1n) is 8.35. The van der Waals surface area contributed by atoms with Crippen LogP contribution in [0.4, 0.5) is 4.79 Å². The van der Waals surface area contributed by atoms with Crippen LogP contribution in [0.3, 0.4) is 0 Å². The van der Waals surface area contributed by atoms with Crippen LogP contribution in [0.25, 0.3) is 0 Å². The van der Waals surface area contributed by atoms with Crippen molar-refractivity contribution >= 4 is 12.0 Å². The molecule has 1 rings (SSSR count). The Hall–Kier alpha value is -2.30. The standard InChI is InChI=1S/C19H28N2O3/c1-19(2,3)24-18(23)21-15-11-7-10-14-20-17(22)16-12-8-5-4-6-9-13-16/h4-6,8-9,12-13H,7,10-11,14-15H2,1-3H3,(H,20,22)(H,21,23)/b5-4-,6-4?,8-5?,9-6-,12-8?,13-9?,16-12?,16-13?. The summed E-state index contributed by atoms with van der Waals surface area (Å²) in [7, 11) is 0. The zero-order valence-electron chi connectivity index (χ0n) is 14.8. The summed E-state index contributed by atoms with van der Waals surface area (Å²) < 4.78 is 5.15. The van der Waals surface area contributed by atoms with E-state index < -0.39 is 5.60 Å². The van der Waals surface area contributed by atoms with Crippen LogP contribution in [0.5, 0.6) is 0 Å². The molecule has 1 aliphatic rings. The Labute approximate surface area is 144 Å². The van der Waals surface area contributed by atoms with E-state index in [1.165, 1.54) is 0 Å². The maximum absolute atomic E-state index is 12.0. The molecule has 0 heterocycles. The molecule has 0 spiro atoms. The second kappa shape index (κ2) is 10.5. The number of unbranched alkanes of at least 4 members (excludes halogenated alkanes) is 2. The maximum atomic E-state index is 12.0. The van der Waals surface area contributed by atoms with Gasteiger partial charge in [0.05, 0.1) is 0 Å². The van der Waals surface area contributed by atoms with Gasteiger partial charge in [-0.1, -0.05) is 30.4 Å². The molecule has 2 amide bonds. The van der Waals surface area contributed by atoms with E-state index in [1.807, 2.05) is 51.2 Å². The van der Waals surface area contributed by atoms with Gasteiger partial charge in [0.2, 0.25) is 0 Å². The molecule has 0 atom stereocenters. The Morgan fingerprint density at radius 2 is 1.54 bits per heavy atom. The number of amides is 2. The molecule has 0 bridgehead atoms. The summed E-state index contributed by atoms with van der Waals surface area (Å²) in [6.45, 7) is 6.70. The molecule has 24 heavy (non-hydrogen) atoms. The summed E-state index contributed by atoms with van der Waals surface area (Å²) in [6, 6.07) is 0. The van der Waals surface area contributed by atoms with Gasteiger partial charge in [0.1, 0.15) is 5.60 Å². The van der Waals surface area contributed by atoms with Gasteiger partial charge in [-0.2, -0.15) is 0 Å². The minimum Gasteiger partial charge on any atom is -0.444 e. The van der Waals surface area contributed by atoms with Crippen LogP contribution in [0.15, 0.2) is 48.1 Å². The third-order valence-electron chi connectivity index (χ3n) is 3.07. The Morgan fingerprint density at radius 3 is 2.25 bits per heavy atom. The maximum Gasteiger partial charge on any atom is 0.407 e. The minimum atomic E-state index is -0.473. The molecule has 132 valence electrons. The quantitative estimate of drug-likeness (QED) is 0.702. The van der Waals surface area contributed by atoms with Crippen molar-refractivity contribution in [3.05, 3.63) is 48.1 Å². The van der Waals surface area contributed by atoms with Crippen LogP contribution in [-0.2, 0) is 9.53 Å². The average molecular weight is 332 g/mol. The second-order valence-corrected chi connectivity index (χ2v) is 6.50. The summed E-state index contributed by atoms with van der Waals surface area (Å²) in [5.41, 5.74) is 0.168. The Balaban J connectivity index is 2.10. The molecule has 5 heteroatoms. The van der Waals surface area contributed by atoms with E-state index in [0.717, 1.165) is 19.3 Å². The molecule has 0 fully saturated rings. The molecule has 0 saturated carbocycles. The second-order valence-electron chi connectivity index (χ2n) is 6.50. The van der Waals surface area contributed by atoms with Gasteiger partial charge in [0.15, 0.2) is 0 Å². The smallest absolute Gasteiger partial charge is 0.407 e. The van der Waals surface area contributed by atoms with Crippen LogP contribution in [0.1, 0.15) is 40.0 Å². The third-order valence-corrected chi connectivity index (χ3v) is 3.07. The lowest BCUT2D eigenvalue weighted by molar-refractivity contribution is -0.117. The first-order valence-corrected chi connectivity index (χ1v) is 8.35. The molecule has 1 aliphatic carbocycles. The van der Waals surface area contributed by atoms with Gasteiger partial charge in [0.25, 0.3) is 5.91 Å². The highest BCUT2D eigenvalue weighted by Crippen LogP contribution is 2.06. The zero-order chi connectivity index (χ0) is 17.8. The largest absolute Gasteiger partial charge is 0.444 e. The van der Waals surface area contributed by atoms with Crippen molar-refractivity contribution in [2.75, 3.05) is 13.1 Å². The first-order chi connectivity index (χ1) is 11.4. The Bertz CT molecular complexity index is 537. The van der Waals surface area contributed by atoms with Crippen LogP contribution in [-0.4, -0.2) is 30.7 Å². The minimum absolute atomic E-state index is 0.0712. The molecule has 0 unspecified atom stereocenters. The number of nitrogens with one attached hydrogen (secondary N) is 2. The van der Waals surface area contributed by atoms with Crippen LogP contribution >= 0.6 is 0 Å². The van der Waals surface area contributed by atoms with Gasteiger partial charge < -0.3 is 15.4 Å². The van der Waals surface area contributed by atoms with Crippen molar-refractivity contribution in [3.8, 4) is 0 Å². The molecule has 5 nitrogen and oxygen atoms in total. The number of allylic oxidation sites excluding steroid dienone is 6. The predicted molar refractivity (Wildman–Crippen MR) is 96.6 cm³/mol. The lowest BCUT2D eigenvalue weighted by Crippen LogP contribution is -2.33. The molecule has 0 radical (unpaired) electrons. The van der Waals surface area contributed by atoms with Crippen LogP contribution in [0.2, 0.25) is 0 Å². The monoisotopic (exact) mass is 332 g/mol. The Morgan fingerprint density at radius 1 is 0.917 bits per heavy atom. The number of rotatable bonds is 7. The molecular weight excluding hydrogens is 304 g/mol. The topological polar surface area (TPSA) is 67.4 Å².